The van der Waals surface area contributed by atoms with E-state index in [2.05, 4.69) is 26.2 Å². The second-order valence-corrected chi connectivity index (χ2v) is 6.72. The van der Waals surface area contributed by atoms with Gasteiger partial charge < -0.3 is 10.0 Å². The molecular weight excluding hydrogens is 350 g/mol. The van der Waals surface area contributed by atoms with E-state index in [1.807, 2.05) is 6.07 Å². The summed E-state index contributed by atoms with van der Waals surface area (Å²) in [6, 6.07) is 3.48. The van der Waals surface area contributed by atoms with Gasteiger partial charge in [-0.25, -0.2) is 9.78 Å². The smallest absolute Gasteiger partial charge is 0.323 e. The van der Waals surface area contributed by atoms with Crippen molar-refractivity contribution in [1.29, 1.82) is 0 Å². The maximum absolute atomic E-state index is 12.2. The number of rotatable bonds is 3. The van der Waals surface area contributed by atoms with Crippen LogP contribution in [-0.2, 0) is 4.79 Å². The molecule has 0 spiro atoms. The summed E-state index contributed by atoms with van der Waals surface area (Å²) in [5.74, 6) is -0.0620. The Hall–Kier alpha value is -1.63. The first-order chi connectivity index (χ1) is 10.5. The number of nitrogens with zero attached hydrogens (tertiary/aromatic N) is 2. The molecular formula is C15H18BrN3O3. The van der Waals surface area contributed by atoms with Crippen molar-refractivity contribution in [3.63, 3.8) is 0 Å². The largest absolute Gasteiger partial charge is 0.481 e. The molecule has 0 bridgehead atoms. The zero-order valence-corrected chi connectivity index (χ0v) is 13.7. The lowest BCUT2D eigenvalue weighted by atomic mass is 9.97. The number of aliphatic carboxylic acids is 1. The van der Waals surface area contributed by atoms with E-state index in [-0.39, 0.29) is 11.9 Å². The monoisotopic (exact) mass is 367 g/mol. The predicted octanol–water partition coefficient (Wildman–Crippen LogP) is 3.05. The van der Waals surface area contributed by atoms with Crippen LogP contribution < -0.4 is 5.32 Å². The number of carboxylic acid groups (broad SMARTS) is 1. The van der Waals surface area contributed by atoms with Gasteiger partial charge in [-0.15, -0.1) is 0 Å². The van der Waals surface area contributed by atoms with Gasteiger partial charge in [0.2, 0.25) is 0 Å². The summed E-state index contributed by atoms with van der Waals surface area (Å²) in [5.41, 5.74) is 1.00. The first kappa shape index (κ1) is 15.3. The Bertz CT molecular complexity index is 596. The summed E-state index contributed by atoms with van der Waals surface area (Å²) >= 11 is 3.49. The normalized spacial score (nSPS) is 19.0. The number of hydrogen-bond acceptors (Lipinski definition) is 3. The lowest BCUT2D eigenvalue weighted by Gasteiger charge is -2.30. The van der Waals surface area contributed by atoms with Crippen LogP contribution in [0.25, 0.3) is 0 Å². The minimum Gasteiger partial charge on any atom is -0.481 e. The number of carboxylic acids is 1. The Labute approximate surface area is 137 Å². The van der Waals surface area contributed by atoms with Crippen LogP contribution >= 0.6 is 15.9 Å². The highest BCUT2D eigenvalue weighted by Gasteiger charge is 2.29. The van der Waals surface area contributed by atoms with Gasteiger partial charge in [-0.1, -0.05) is 0 Å². The van der Waals surface area contributed by atoms with Crippen LogP contribution in [-0.4, -0.2) is 40.1 Å². The van der Waals surface area contributed by atoms with Crippen molar-refractivity contribution in [3.05, 3.63) is 22.3 Å². The maximum Gasteiger partial charge on any atom is 0.323 e. The summed E-state index contributed by atoms with van der Waals surface area (Å²) < 4.78 is 0.982. The summed E-state index contributed by atoms with van der Waals surface area (Å²) in [5, 5.41) is 11.8. The standard InChI is InChI=1S/C15H18BrN3O3/c16-11-3-4-12(17-13(11)9-1-2-9)18-15(22)19-7-5-10(6-8-19)14(20)21/h3-4,9-10H,1-2,5-8H2,(H,20,21)(H,17,18,22). The van der Waals surface area contributed by atoms with Crippen LogP contribution in [0, 0.1) is 5.92 Å². The zero-order valence-electron chi connectivity index (χ0n) is 12.1. The van der Waals surface area contributed by atoms with Crippen molar-refractivity contribution < 1.29 is 14.7 Å². The fourth-order valence-electron chi connectivity index (χ4n) is 2.69. The number of halogens is 1. The number of aromatic nitrogens is 1. The van der Waals surface area contributed by atoms with Crippen LogP contribution in [0.2, 0.25) is 0 Å². The topological polar surface area (TPSA) is 82.5 Å². The number of piperidine rings is 1. The van der Waals surface area contributed by atoms with E-state index in [9.17, 15) is 9.59 Å². The second kappa shape index (κ2) is 6.24. The van der Waals surface area contributed by atoms with E-state index in [1.165, 1.54) is 0 Å². The van der Waals surface area contributed by atoms with Gasteiger partial charge in [-0.2, -0.15) is 0 Å². The van der Waals surface area contributed by atoms with Crippen LogP contribution in [0.15, 0.2) is 16.6 Å². The minimum absolute atomic E-state index is 0.208. The van der Waals surface area contributed by atoms with E-state index in [4.69, 9.17) is 5.11 Å². The summed E-state index contributed by atoms with van der Waals surface area (Å²) in [6.45, 7) is 0.934. The van der Waals surface area contributed by atoms with Gasteiger partial charge in [0, 0.05) is 23.5 Å². The van der Waals surface area contributed by atoms with Crippen LogP contribution in [0.4, 0.5) is 10.6 Å². The van der Waals surface area contributed by atoms with Crippen LogP contribution in [0.5, 0.6) is 0 Å². The Morgan fingerprint density at radius 1 is 1.23 bits per heavy atom. The molecule has 1 saturated carbocycles. The van der Waals surface area contributed by atoms with Gasteiger partial charge in [0.25, 0.3) is 0 Å². The van der Waals surface area contributed by atoms with Gasteiger partial charge in [-0.05, 0) is 53.7 Å². The molecule has 1 saturated heterocycles. The van der Waals surface area contributed by atoms with Crippen molar-refractivity contribution in [3.8, 4) is 0 Å². The molecule has 118 valence electrons. The molecule has 1 aliphatic carbocycles. The molecule has 3 rings (SSSR count). The molecule has 2 aliphatic rings. The van der Waals surface area contributed by atoms with E-state index in [0.29, 0.717) is 37.7 Å². The molecule has 1 aromatic rings. The Balaban J connectivity index is 1.60. The van der Waals surface area contributed by atoms with E-state index in [0.717, 1.165) is 23.0 Å². The zero-order chi connectivity index (χ0) is 15.7. The Morgan fingerprint density at radius 3 is 2.50 bits per heavy atom. The highest BCUT2D eigenvalue weighted by Crippen LogP contribution is 2.42. The van der Waals surface area contributed by atoms with Crippen molar-refractivity contribution in [2.24, 2.45) is 5.92 Å². The predicted molar refractivity (Wildman–Crippen MR) is 84.9 cm³/mol. The molecule has 2 N–H and O–H groups in total. The highest BCUT2D eigenvalue weighted by atomic mass is 79.9. The number of anilines is 1. The Morgan fingerprint density at radius 2 is 1.91 bits per heavy atom. The van der Waals surface area contributed by atoms with Gasteiger partial charge in [-0.3, -0.25) is 10.1 Å². The minimum atomic E-state index is -0.774. The SMILES string of the molecule is O=C(O)C1CCN(C(=O)Nc2ccc(Br)c(C3CC3)n2)CC1. The molecule has 2 heterocycles. The number of pyridine rings is 1. The van der Waals surface area contributed by atoms with Gasteiger partial charge in [0.05, 0.1) is 11.6 Å². The number of nitrogens with one attached hydrogen (secondary N) is 1. The fraction of sp³-hybridized carbons (Fsp3) is 0.533. The third-order valence-corrected chi connectivity index (χ3v) is 4.87. The molecule has 6 nitrogen and oxygen atoms in total. The van der Waals surface area contributed by atoms with E-state index >= 15 is 0 Å². The number of urea groups is 1. The van der Waals surface area contributed by atoms with E-state index in [1.54, 1.807) is 11.0 Å². The molecule has 2 fully saturated rings. The number of amides is 2. The molecule has 1 aromatic heterocycles. The van der Waals surface area contributed by atoms with E-state index < -0.39 is 5.97 Å². The van der Waals surface area contributed by atoms with Crippen molar-refractivity contribution in [2.75, 3.05) is 18.4 Å². The summed E-state index contributed by atoms with van der Waals surface area (Å²) in [7, 11) is 0. The van der Waals surface area contributed by atoms with Gasteiger partial charge in [0.15, 0.2) is 0 Å². The van der Waals surface area contributed by atoms with Gasteiger partial charge in [0.1, 0.15) is 5.82 Å². The number of carbonyl (C=O) groups excluding carboxylic acids is 1. The quantitative estimate of drug-likeness (QED) is 0.859. The first-order valence-electron chi connectivity index (χ1n) is 7.50. The van der Waals surface area contributed by atoms with Crippen LogP contribution in [0.3, 0.4) is 0 Å². The van der Waals surface area contributed by atoms with Crippen molar-refractivity contribution >= 4 is 33.7 Å². The third-order valence-electron chi connectivity index (χ3n) is 4.20. The highest BCUT2D eigenvalue weighted by molar-refractivity contribution is 9.10. The first-order valence-corrected chi connectivity index (χ1v) is 8.29. The van der Waals surface area contributed by atoms with Crippen molar-refractivity contribution in [2.45, 2.75) is 31.6 Å². The molecule has 0 unspecified atom stereocenters. The lowest BCUT2D eigenvalue weighted by molar-refractivity contribution is -0.143. The number of likely N-dealkylation sites (tertiary alicyclic amines) is 1. The molecule has 7 heteroatoms. The fourth-order valence-corrected chi connectivity index (χ4v) is 3.23. The average molecular weight is 368 g/mol. The molecule has 2 amide bonds. The maximum atomic E-state index is 12.2. The Kier molecular flexibility index (Phi) is 4.33. The summed E-state index contributed by atoms with van der Waals surface area (Å²) in [6.07, 6.45) is 3.30. The number of carbonyl (C=O) groups is 2. The molecule has 22 heavy (non-hydrogen) atoms. The third kappa shape index (κ3) is 3.40. The molecule has 0 radical (unpaired) electrons. The average Bonchev–Trinajstić information content (AvgIpc) is 3.34. The summed E-state index contributed by atoms with van der Waals surface area (Å²) in [4.78, 5) is 29.3. The van der Waals surface area contributed by atoms with Crippen molar-refractivity contribution in [1.82, 2.24) is 9.88 Å². The second-order valence-electron chi connectivity index (χ2n) is 5.87. The van der Waals surface area contributed by atoms with Crippen LogP contribution in [0.1, 0.15) is 37.3 Å². The molecule has 0 aromatic carbocycles. The molecule has 1 aliphatic heterocycles. The lowest BCUT2D eigenvalue weighted by Crippen LogP contribution is -2.42. The number of hydrogen-bond donors (Lipinski definition) is 2. The van der Waals surface area contributed by atoms with Gasteiger partial charge >= 0.3 is 12.0 Å². The molecule has 0 atom stereocenters.